The standard InChI is InChI=1S/C16H25FN2O/c1-3-19(14-7-5-13(18)6-8-14)11-12-4-9-16(20-2)15(17)10-12/h4,9-10,13-14H,3,5-8,11,18H2,1-2H3. The third kappa shape index (κ3) is 3.70. The highest BCUT2D eigenvalue weighted by Gasteiger charge is 2.23. The Bertz CT molecular complexity index is 430. The van der Waals surface area contributed by atoms with Crippen LogP contribution in [0.4, 0.5) is 4.39 Å². The number of hydrogen-bond donors (Lipinski definition) is 1. The molecule has 0 atom stereocenters. The summed E-state index contributed by atoms with van der Waals surface area (Å²) in [4.78, 5) is 2.42. The molecule has 0 bridgehead atoms. The van der Waals surface area contributed by atoms with Crippen LogP contribution in [0.15, 0.2) is 18.2 Å². The molecule has 1 aliphatic rings. The van der Waals surface area contributed by atoms with Crippen LogP contribution in [0, 0.1) is 5.82 Å². The van der Waals surface area contributed by atoms with Gasteiger partial charge in [-0.15, -0.1) is 0 Å². The molecule has 1 aliphatic carbocycles. The molecule has 0 radical (unpaired) electrons. The lowest BCUT2D eigenvalue weighted by Crippen LogP contribution is -2.40. The van der Waals surface area contributed by atoms with E-state index in [2.05, 4.69) is 11.8 Å². The fourth-order valence-corrected chi connectivity index (χ4v) is 3.01. The average molecular weight is 280 g/mol. The summed E-state index contributed by atoms with van der Waals surface area (Å²) in [5, 5.41) is 0. The largest absolute Gasteiger partial charge is 0.494 e. The van der Waals surface area contributed by atoms with Gasteiger partial charge in [-0.3, -0.25) is 4.90 Å². The number of benzene rings is 1. The molecule has 0 heterocycles. The number of halogens is 1. The molecule has 20 heavy (non-hydrogen) atoms. The maximum Gasteiger partial charge on any atom is 0.165 e. The third-order valence-electron chi connectivity index (χ3n) is 4.27. The van der Waals surface area contributed by atoms with Crippen LogP contribution in [0.5, 0.6) is 5.75 Å². The smallest absolute Gasteiger partial charge is 0.165 e. The van der Waals surface area contributed by atoms with E-state index in [9.17, 15) is 4.39 Å². The van der Waals surface area contributed by atoms with Crippen molar-refractivity contribution in [1.82, 2.24) is 4.90 Å². The van der Waals surface area contributed by atoms with Gasteiger partial charge in [0.15, 0.2) is 11.6 Å². The number of rotatable bonds is 5. The van der Waals surface area contributed by atoms with Crippen molar-refractivity contribution in [3.05, 3.63) is 29.6 Å². The monoisotopic (exact) mass is 280 g/mol. The molecule has 2 N–H and O–H groups in total. The Labute approximate surface area is 120 Å². The van der Waals surface area contributed by atoms with E-state index in [0.29, 0.717) is 17.8 Å². The first-order chi connectivity index (χ1) is 9.63. The van der Waals surface area contributed by atoms with Crippen LogP contribution >= 0.6 is 0 Å². The van der Waals surface area contributed by atoms with Gasteiger partial charge in [0.25, 0.3) is 0 Å². The molecule has 0 aromatic heterocycles. The fourth-order valence-electron chi connectivity index (χ4n) is 3.01. The Hall–Kier alpha value is -1.13. The molecular weight excluding hydrogens is 255 g/mol. The first-order valence-electron chi connectivity index (χ1n) is 7.46. The van der Waals surface area contributed by atoms with Crippen LogP contribution in [-0.2, 0) is 6.54 Å². The molecule has 1 aromatic carbocycles. The van der Waals surface area contributed by atoms with Gasteiger partial charge in [-0.25, -0.2) is 4.39 Å². The maximum atomic E-state index is 13.7. The zero-order valence-corrected chi connectivity index (χ0v) is 12.4. The summed E-state index contributed by atoms with van der Waals surface area (Å²) in [6.45, 7) is 3.93. The van der Waals surface area contributed by atoms with Gasteiger partial charge in [-0.05, 0) is 49.9 Å². The van der Waals surface area contributed by atoms with Crippen molar-refractivity contribution in [2.75, 3.05) is 13.7 Å². The Morgan fingerprint density at radius 1 is 1.30 bits per heavy atom. The molecule has 1 aromatic rings. The zero-order valence-electron chi connectivity index (χ0n) is 12.4. The molecule has 4 heteroatoms. The second kappa shape index (κ2) is 7.04. The number of nitrogens with zero attached hydrogens (tertiary/aromatic N) is 1. The minimum atomic E-state index is -0.285. The fraction of sp³-hybridized carbons (Fsp3) is 0.625. The molecule has 1 fully saturated rings. The van der Waals surface area contributed by atoms with Gasteiger partial charge < -0.3 is 10.5 Å². The van der Waals surface area contributed by atoms with Crippen molar-refractivity contribution in [2.24, 2.45) is 5.73 Å². The summed E-state index contributed by atoms with van der Waals surface area (Å²) in [6, 6.07) is 6.16. The predicted molar refractivity (Wildman–Crippen MR) is 79.3 cm³/mol. The number of nitrogens with two attached hydrogens (primary N) is 1. The molecule has 3 nitrogen and oxygen atoms in total. The first-order valence-corrected chi connectivity index (χ1v) is 7.46. The normalized spacial score (nSPS) is 23.1. The first kappa shape index (κ1) is 15.3. The summed E-state index contributed by atoms with van der Waals surface area (Å²) >= 11 is 0. The van der Waals surface area contributed by atoms with E-state index >= 15 is 0 Å². The van der Waals surface area contributed by atoms with Crippen molar-refractivity contribution in [1.29, 1.82) is 0 Å². The van der Waals surface area contributed by atoms with Crippen molar-refractivity contribution < 1.29 is 9.13 Å². The van der Waals surface area contributed by atoms with E-state index in [1.165, 1.54) is 7.11 Å². The zero-order chi connectivity index (χ0) is 14.5. The van der Waals surface area contributed by atoms with Crippen LogP contribution in [0.1, 0.15) is 38.2 Å². The Morgan fingerprint density at radius 3 is 2.55 bits per heavy atom. The quantitative estimate of drug-likeness (QED) is 0.901. The average Bonchev–Trinajstić information content (AvgIpc) is 2.46. The Balaban J connectivity index is 2.00. The van der Waals surface area contributed by atoms with Crippen LogP contribution in [0.2, 0.25) is 0 Å². The number of methoxy groups -OCH3 is 1. The van der Waals surface area contributed by atoms with Crippen LogP contribution in [0.25, 0.3) is 0 Å². The minimum absolute atomic E-state index is 0.285. The molecular formula is C16H25FN2O. The van der Waals surface area contributed by atoms with Crippen LogP contribution < -0.4 is 10.5 Å². The second-order valence-electron chi connectivity index (χ2n) is 5.60. The third-order valence-corrected chi connectivity index (χ3v) is 4.27. The van der Waals surface area contributed by atoms with E-state index in [4.69, 9.17) is 10.5 Å². The van der Waals surface area contributed by atoms with Gasteiger partial charge in [0.2, 0.25) is 0 Å². The Kier molecular flexibility index (Phi) is 5.38. The van der Waals surface area contributed by atoms with Crippen LogP contribution in [-0.4, -0.2) is 30.6 Å². The molecule has 1 saturated carbocycles. The van der Waals surface area contributed by atoms with E-state index in [-0.39, 0.29) is 5.82 Å². The van der Waals surface area contributed by atoms with Crippen molar-refractivity contribution >= 4 is 0 Å². The highest BCUT2D eigenvalue weighted by molar-refractivity contribution is 5.29. The van der Waals surface area contributed by atoms with E-state index in [0.717, 1.165) is 44.3 Å². The molecule has 0 amide bonds. The topological polar surface area (TPSA) is 38.5 Å². The van der Waals surface area contributed by atoms with E-state index in [1.807, 2.05) is 6.07 Å². The maximum absolute atomic E-state index is 13.7. The van der Waals surface area contributed by atoms with Gasteiger partial charge in [-0.1, -0.05) is 13.0 Å². The molecule has 112 valence electrons. The van der Waals surface area contributed by atoms with E-state index in [1.54, 1.807) is 12.1 Å². The molecule has 2 rings (SSSR count). The predicted octanol–water partition coefficient (Wildman–Crippen LogP) is 2.93. The number of ether oxygens (including phenoxy) is 1. The molecule has 0 unspecified atom stereocenters. The summed E-state index contributed by atoms with van der Waals surface area (Å²) in [5.41, 5.74) is 6.96. The van der Waals surface area contributed by atoms with Gasteiger partial charge in [0.05, 0.1) is 7.11 Å². The summed E-state index contributed by atoms with van der Waals surface area (Å²) in [5.74, 6) is 0.0205. The lowest BCUT2D eigenvalue weighted by atomic mass is 9.90. The lowest BCUT2D eigenvalue weighted by Gasteiger charge is -2.35. The van der Waals surface area contributed by atoms with Crippen molar-refractivity contribution in [3.8, 4) is 5.75 Å². The summed E-state index contributed by atoms with van der Waals surface area (Å²) < 4.78 is 18.7. The van der Waals surface area contributed by atoms with Gasteiger partial charge in [0.1, 0.15) is 0 Å². The second-order valence-corrected chi connectivity index (χ2v) is 5.60. The lowest BCUT2D eigenvalue weighted by molar-refractivity contribution is 0.149. The highest BCUT2D eigenvalue weighted by atomic mass is 19.1. The molecule has 0 saturated heterocycles. The highest BCUT2D eigenvalue weighted by Crippen LogP contribution is 2.25. The van der Waals surface area contributed by atoms with Crippen molar-refractivity contribution in [2.45, 2.75) is 51.2 Å². The SMILES string of the molecule is CCN(Cc1ccc(OC)c(F)c1)C1CCC(N)CC1. The van der Waals surface area contributed by atoms with Gasteiger partial charge in [-0.2, -0.15) is 0 Å². The number of hydrogen-bond acceptors (Lipinski definition) is 3. The molecule has 0 aliphatic heterocycles. The van der Waals surface area contributed by atoms with Crippen LogP contribution in [0.3, 0.4) is 0 Å². The van der Waals surface area contributed by atoms with Crippen molar-refractivity contribution in [3.63, 3.8) is 0 Å². The van der Waals surface area contributed by atoms with E-state index < -0.39 is 0 Å². The summed E-state index contributed by atoms with van der Waals surface area (Å²) in [7, 11) is 1.49. The Morgan fingerprint density at radius 2 is 2.00 bits per heavy atom. The minimum Gasteiger partial charge on any atom is -0.494 e. The summed E-state index contributed by atoms with van der Waals surface area (Å²) in [6.07, 6.45) is 4.48. The van der Waals surface area contributed by atoms with Gasteiger partial charge >= 0.3 is 0 Å². The van der Waals surface area contributed by atoms with Gasteiger partial charge in [0, 0.05) is 18.6 Å². The molecule has 0 spiro atoms.